The Morgan fingerprint density at radius 1 is 0.772 bits per heavy atom. The van der Waals surface area contributed by atoms with E-state index in [4.69, 9.17) is 29.4 Å². The lowest BCUT2D eigenvalue weighted by atomic mass is 9.39. The van der Waals surface area contributed by atoms with E-state index in [9.17, 15) is 68.7 Å². The molecule has 6 aromatic rings. The van der Waals surface area contributed by atoms with E-state index in [1.807, 2.05) is 45.3 Å². The number of alkyl carbamates (subject to hydrolysis) is 1. The van der Waals surface area contributed by atoms with Crippen LogP contribution >= 0.6 is 11.3 Å². The molecule has 9 atom stereocenters. The minimum Gasteiger partial charge on any atom is -0.481 e. The van der Waals surface area contributed by atoms with Crippen molar-refractivity contribution < 1.29 is 88.0 Å². The van der Waals surface area contributed by atoms with Crippen molar-refractivity contribution in [2.24, 2.45) is 22.2 Å². The quantitative estimate of drug-likeness (QED) is 0.0300. The summed E-state index contributed by atoms with van der Waals surface area (Å²) in [7, 11) is 0. The van der Waals surface area contributed by atoms with Crippen molar-refractivity contribution in [1.29, 1.82) is 0 Å². The second-order valence-electron chi connectivity index (χ2n) is 28.6. The minimum atomic E-state index is -1.92. The number of hydrogen-bond acceptors (Lipinski definition) is 21. The third-order valence-electron chi connectivity index (χ3n) is 19.9. The lowest BCUT2D eigenvalue weighted by Gasteiger charge is -2.69. The Kier molecular flexibility index (Phi) is 21.3. The molecule has 4 bridgehead atoms. The Balaban J connectivity index is 0.709. The van der Waals surface area contributed by atoms with Crippen LogP contribution in [0.2, 0.25) is 0 Å². The van der Waals surface area contributed by atoms with Crippen LogP contribution in [0.1, 0.15) is 136 Å². The zero-order valence-corrected chi connectivity index (χ0v) is 57.6. The minimum absolute atomic E-state index is 0.00479. The normalized spacial score (nSPS) is 24.8. The first kappa shape index (κ1) is 72.8. The van der Waals surface area contributed by atoms with Crippen LogP contribution in [-0.2, 0) is 75.6 Å². The lowest BCUT2D eigenvalue weighted by Crippen LogP contribution is -2.64. The fraction of sp³-hybridized carbons (Fsp3) is 0.522. The number of aliphatic hydroxyl groups excluding tert-OH is 3. The number of imidazole rings is 1. The molecule has 2 aromatic carbocycles. The van der Waals surface area contributed by atoms with Gasteiger partial charge in [0.1, 0.15) is 42.8 Å². The highest BCUT2D eigenvalue weighted by Crippen LogP contribution is 2.72. The average molecular weight is 1420 g/mol. The van der Waals surface area contributed by atoms with Gasteiger partial charge in [0.15, 0.2) is 22.6 Å². The number of carbonyl (C=O) groups is 9. The van der Waals surface area contributed by atoms with Gasteiger partial charge in [0.25, 0.3) is 5.91 Å². The predicted octanol–water partition coefficient (Wildman–Crippen LogP) is 4.52. The summed E-state index contributed by atoms with van der Waals surface area (Å²) in [6.07, 6.45) is -1.67. The highest BCUT2D eigenvalue weighted by molar-refractivity contribution is 7.22. The molecule has 4 aliphatic carbocycles. The van der Waals surface area contributed by atoms with Crippen LogP contribution in [0.3, 0.4) is 0 Å². The number of aromatic nitrogens is 6. The van der Waals surface area contributed by atoms with Gasteiger partial charge < -0.3 is 80.9 Å². The van der Waals surface area contributed by atoms with Gasteiger partial charge in [-0.05, 0) is 135 Å². The molecule has 32 heteroatoms. The van der Waals surface area contributed by atoms with E-state index in [1.165, 1.54) is 24.3 Å². The van der Waals surface area contributed by atoms with E-state index >= 15 is 0 Å². The topological polar surface area (TPSA) is 440 Å². The van der Waals surface area contributed by atoms with Gasteiger partial charge in [-0.1, -0.05) is 57.2 Å². The number of aliphatic hydroxyl groups is 3. The molecular weight excluding hydrogens is 1330 g/mol. The van der Waals surface area contributed by atoms with Crippen molar-refractivity contribution in [2.75, 3.05) is 41.8 Å². The number of rotatable bonds is 28. The van der Waals surface area contributed by atoms with Crippen molar-refractivity contribution in [3.8, 4) is 11.1 Å². The fourth-order valence-electron chi connectivity index (χ4n) is 16.3. The summed E-state index contributed by atoms with van der Waals surface area (Å²) in [5.41, 5.74) is 3.60. The summed E-state index contributed by atoms with van der Waals surface area (Å²) in [4.78, 5) is 130. The number of aryl methyl sites for hydroxylation is 1. The largest absolute Gasteiger partial charge is 0.481 e. The molecule has 4 saturated carbocycles. The second kappa shape index (κ2) is 29.6. The van der Waals surface area contributed by atoms with Gasteiger partial charge in [-0.15, -0.1) is 0 Å². The average Bonchev–Trinajstić information content (AvgIpc) is 0.966. The molecule has 31 nitrogen and oxygen atoms in total. The SMILES string of the molecule is Cc1c(-c2ccc(N3CCn4cnc(C(=O)Nc5nc6ccccc6s5)c4C3)nc2C(=O)O)cnn1CC12CC3(C)CC(C)(C1)CC(OCCNC(=O)OCc1ccc(NC(=O)[C@H](C)NC(=O)[C@@H](NC(=O)CNC(=O)CCC(=O)O)C(C)C)cc1CC[C@@H]1OC(C(=O)O)[C@@H](O)[C@H](O)[C@H]1O)(C3)C2. The Labute approximate surface area is 584 Å². The Hall–Kier alpha value is -9.47. The van der Waals surface area contributed by atoms with E-state index < -0.39 is 121 Å². The molecule has 6 aliphatic rings. The Morgan fingerprint density at radius 2 is 1.52 bits per heavy atom. The first-order valence-electron chi connectivity index (χ1n) is 33.6. The zero-order valence-electron chi connectivity index (χ0n) is 56.8. The summed E-state index contributed by atoms with van der Waals surface area (Å²) >= 11 is 1.37. The van der Waals surface area contributed by atoms with Crippen molar-refractivity contribution >= 4 is 91.7 Å². The first-order valence-corrected chi connectivity index (χ1v) is 34.4. The summed E-state index contributed by atoms with van der Waals surface area (Å²) in [6, 6.07) is 13.5. The van der Waals surface area contributed by atoms with Crippen LogP contribution in [0.4, 0.5) is 21.4 Å². The van der Waals surface area contributed by atoms with E-state index in [0.29, 0.717) is 58.5 Å². The Bertz CT molecular complexity index is 4140. The summed E-state index contributed by atoms with van der Waals surface area (Å²) in [5.74, 6) is -7.18. The molecule has 6 heterocycles. The number of nitrogens with zero attached hydrogens (tertiary/aromatic N) is 7. The number of amides is 6. The monoisotopic (exact) mass is 1420 g/mol. The number of thiazole rings is 1. The summed E-state index contributed by atoms with van der Waals surface area (Å²) < 4.78 is 23.0. The van der Waals surface area contributed by atoms with Crippen LogP contribution in [0.5, 0.6) is 0 Å². The molecule has 0 radical (unpaired) electrons. The van der Waals surface area contributed by atoms with Gasteiger partial charge >= 0.3 is 24.0 Å². The molecule has 6 amide bonds. The molecule has 5 fully saturated rings. The molecule has 2 aliphatic heterocycles. The van der Waals surface area contributed by atoms with Gasteiger partial charge in [-0.2, -0.15) is 5.10 Å². The van der Waals surface area contributed by atoms with Crippen molar-refractivity contribution in [3.05, 3.63) is 101 Å². The number of aromatic carboxylic acids is 1. The molecule has 1 saturated heterocycles. The molecule has 4 aromatic heterocycles. The molecule has 3 unspecified atom stereocenters. The van der Waals surface area contributed by atoms with Gasteiger partial charge in [-0.3, -0.25) is 38.8 Å². The van der Waals surface area contributed by atoms with Crippen molar-refractivity contribution in [2.45, 2.75) is 180 Å². The van der Waals surface area contributed by atoms with E-state index in [1.54, 1.807) is 50.6 Å². The number of aliphatic carboxylic acids is 2. The molecular formula is C69H85N13O18S. The fourth-order valence-corrected chi connectivity index (χ4v) is 17.2. The summed E-state index contributed by atoms with van der Waals surface area (Å²) in [5, 5.41) is 82.2. The van der Waals surface area contributed by atoms with Crippen LogP contribution in [-0.4, -0.2) is 188 Å². The number of nitrogens with one attached hydrogen (secondary N) is 6. The molecule has 540 valence electrons. The molecule has 12 rings (SSSR count). The number of hydrogen-bond donors (Lipinski definition) is 12. The number of carbonyl (C=O) groups excluding carboxylic acids is 6. The number of carboxylic acid groups (broad SMARTS) is 3. The van der Waals surface area contributed by atoms with Crippen LogP contribution < -0.4 is 36.8 Å². The number of fused-ring (bicyclic) bond motifs is 2. The van der Waals surface area contributed by atoms with Crippen molar-refractivity contribution in [3.63, 3.8) is 0 Å². The lowest BCUT2D eigenvalue weighted by molar-refractivity contribution is -0.247. The van der Waals surface area contributed by atoms with Gasteiger partial charge in [-0.25, -0.2) is 29.3 Å². The maximum absolute atomic E-state index is 13.6. The number of pyridine rings is 1. The summed E-state index contributed by atoms with van der Waals surface area (Å²) in [6.45, 7) is 12.5. The Morgan fingerprint density at radius 3 is 2.24 bits per heavy atom. The molecule has 101 heavy (non-hydrogen) atoms. The molecule has 12 N–H and O–H groups in total. The highest BCUT2D eigenvalue weighted by Gasteiger charge is 2.66. The van der Waals surface area contributed by atoms with Gasteiger partial charge in [0.05, 0.1) is 66.3 Å². The van der Waals surface area contributed by atoms with E-state index in [0.717, 1.165) is 54.4 Å². The van der Waals surface area contributed by atoms with Crippen LogP contribution in [0.25, 0.3) is 21.3 Å². The van der Waals surface area contributed by atoms with Crippen LogP contribution in [0.15, 0.2) is 67.1 Å². The number of benzene rings is 2. The van der Waals surface area contributed by atoms with Crippen LogP contribution in [0, 0.1) is 29.1 Å². The zero-order chi connectivity index (χ0) is 72.5. The highest BCUT2D eigenvalue weighted by atomic mass is 32.1. The predicted molar refractivity (Wildman–Crippen MR) is 363 cm³/mol. The van der Waals surface area contributed by atoms with Gasteiger partial charge in [0.2, 0.25) is 23.6 Å². The number of para-hydroxylation sites is 1. The smallest absolute Gasteiger partial charge is 0.407 e. The number of ether oxygens (including phenoxy) is 3. The molecule has 0 spiro atoms. The standard InChI is InChI=1S/C69H85N13O18S/c1-36(2)52(78-50(84)25-71-49(83)17-18-51(85)86)60(91)74-37(3)59(90)75-41-13-11-40(39(23-41)12-15-46-55(87)56(88)57(89)58(100-46)63(95)96)27-98-65(97)70-19-22-99-69-31-66(5)28-67(6,32-69)30-68(29-66,33-69)34-82-38(4)43(24-73-82)42-14-16-48(77-53(42)62(93)94)80-20-21-81-35-72-54(45(81)26-80)61(92)79-64-76-44-9-7-8-10-47(44)101-64/h7-11,13-14,16,23-24,35-37,46,52,55-58,87-89H,12,15,17-22,25-34H2,1-6H3,(H,70,97)(H,71,83)(H,74,91)(H,75,90)(H,78,84)(H,85,86)(H,93,94)(H,95,96)(H,76,79,92)/t37-,46-,52-,55-,56+,57-,58?,66?,67?,68?,69?/m0/s1. The first-order chi connectivity index (χ1) is 47.9. The van der Waals surface area contributed by atoms with E-state index in [-0.39, 0.29) is 78.9 Å². The van der Waals surface area contributed by atoms with Crippen molar-refractivity contribution in [1.82, 2.24) is 50.6 Å². The third-order valence-corrected chi connectivity index (χ3v) is 20.8. The second-order valence-corrected chi connectivity index (χ2v) is 29.6. The third kappa shape index (κ3) is 16.5. The maximum Gasteiger partial charge on any atom is 0.407 e. The maximum atomic E-state index is 13.6. The van der Waals surface area contributed by atoms with E-state index in [2.05, 4.69) is 55.7 Å². The van der Waals surface area contributed by atoms with Gasteiger partial charge in [0, 0.05) is 55.1 Å². The number of anilines is 3. The number of carboxylic acids is 3.